The van der Waals surface area contributed by atoms with Gasteiger partial charge >= 0.3 is 11.8 Å². The Morgan fingerprint density at radius 3 is 1.43 bits per heavy atom. The van der Waals surface area contributed by atoms with Crippen LogP contribution in [0.1, 0.15) is 0 Å². The van der Waals surface area contributed by atoms with Crippen LogP contribution in [0.25, 0.3) is 0 Å². The quantitative estimate of drug-likeness (QED) is 0.292. The summed E-state index contributed by atoms with van der Waals surface area (Å²) in [5.41, 5.74) is 0. The van der Waals surface area contributed by atoms with Crippen molar-refractivity contribution in [2.24, 2.45) is 0 Å². The minimum atomic E-state index is -1.50. The van der Waals surface area contributed by atoms with Crippen LogP contribution >= 0.6 is 0 Å². The molecule has 14 heavy (non-hydrogen) atoms. The van der Waals surface area contributed by atoms with E-state index in [4.69, 9.17) is 0 Å². The van der Waals surface area contributed by atoms with Gasteiger partial charge in [-0.15, -0.1) is 0 Å². The molecule has 0 aliphatic carbocycles. The summed E-state index contributed by atoms with van der Waals surface area (Å²) in [5.74, 6) is -3.00. The molecule has 1 saturated heterocycles. The monoisotopic (exact) mass is 204 g/mol. The molecule has 1 fully saturated rings. The van der Waals surface area contributed by atoms with Crippen molar-refractivity contribution >= 4 is 11.8 Å². The van der Waals surface area contributed by atoms with Gasteiger partial charge in [-0.25, -0.2) is 20.2 Å². The molecule has 0 N–H and O–H groups in total. The number of amides is 2. The third-order valence-electron chi connectivity index (χ3n) is 1.57. The Balaban J connectivity index is 2.85. The van der Waals surface area contributed by atoms with Crippen molar-refractivity contribution in [2.45, 2.75) is 0 Å². The summed E-state index contributed by atoms with van der Waals surface area (Å²) in [4.78, 5) is 42.1. The van der Waals surface area contributed by atoms with Crippen molar-refractivity contribution in [1.29, 1.82) is 0 Å². The molecule has 0 unspecified atom stereocenters. The maximum Gasteiger partial charge on any atom is 0.376 e. The Morgan fingerprint density at radius 2 is 1.21 bits per heavy atom. The molecule has 0 saturated carbocycles. The lowest BCUT2D eigenvalue weighted by Gasteiger charge is -2.20. The molecule has 1 rings (SSSR count). The summed E-state index contributed by atoms with van der Waals surface area (Å²) in [6.07, 6.45) is 0. The van der Waals surface area contributed by atoms with Gasteiger partial charge in [-0.3, -0.25) is 9.59 Å². The Kier molecular flexibility index (Phi) is 2.27. The van der Waals surface area contributed by atoms with Crippen LogP contribution < -0.4 is 0 Å². The third kappa shape index (κ3) is 1.44. The Hall–Kier alpha value is -2.26. The normalized spacial score (nSPS) is 17.1. The lowest BCUT2D eigenvalue weighted by Crippen LogP contribution is -2.57. The molecular formula is C4H4N4O6. The molecule has 0 radical (unpaired) electrons. The fourth-order valence-corrected chi connectivity index (χ4v) is 0.925. The van der Waals surface area contributed by atoms with E-state index in [0.29, 0.717) is 0 Å². The van der Waals surface area contributed by atoms with E-state index in [0.717, 1.165) is 0 Å². The van der Waals surface area contributed by atoms with Crippen LogP contribution in [-0.4, -0.2) is 45.0 Å². The van der Waals surface area contributed by atoms with Crippen LogP contribution in [0.4, 0.5) is 0 Å². The molecule has 1 aliphatic rings. The van der Waals surface area contributed by atoms with Gasteiger partial charge in [0.1, 0.15) is 13.1 Å². The predicted molar refractivity (Wildman–Crippen MR) is 37.4 cm³/mol. The van der Waals surface area contributed by atoms with Gasteiger partial charge in [0.15, 0.2) is 10.1 Å². The summed E-state index contributed by atoms with van der Waals surface area (Å²) < 4.78 is 0. The number of carbonyl (C=O) groups excluding carboxylic acids is 2. The number of hydrazine groups is 2. The van der Waals surface area contributed by atoms with Gasteiger partial charge in [-0.1, -0.05) is 0 Å². The lowest BCUT2D eigenvalue weighted by atomic mass is 10.4. The van der Waals surface area contributed by atoms with Crippen molar-refractivity contribution in [1.82, 2.24) is 10.0 Å². The first-order valence-electron chi connectivity index (χ1n) is 3.37. The molecule has 0 atom stereocenters. The zero-order valence-electron chi connectivity index (χ0n) is 6.65. The number of hydrogen-bond donors (Lipinski definition) is 0. The molecule has 0 aromatic rings. The lowest BCUT2D eigenvalue weighted by molar-refractivity contribution is -0.659. The summed E-state index contributed by atoms with van der Waals surface area (Å²) in [6.45, 7) is -0.975. The Bertz CT molecular complexity index is 294. The highest BCUT2D eigenvalue weighted by molar-refractivity contribution is 6.34. The average Bonchev–Trinajstić information content (AvgIpc) is 2.08. The number of carbonyl (C=O) groups is 2. The first-order chi connectivity index (χ1) is 6.45. The molecule has 10 nitrogen and oxygen atoms in total. The van der Waals surface area contributed by atoms with Crippen molar-refractivity contribution in [3.8, 4) is 0 Å². The number of piperazine rings is 1. The van der Waals surface area contributed by atoms with Gasteiger partial charge in [0.05, 0.1) is 0 Å². The highest BCUT2D eigenvalue weighted by Gasteiger charge is 2.44. The molecule has 2 amide bonds. The first-order valence-corrected chi connectivity index (χ1v) is 3.37. The number of hydrogen-bond acceptors (Lipinski definition) is 6. The molecule has 10 heteroatoms. The minimum Gasteiger partial charge on any atom is -0.257 e. The van der Waals surface area contributed by atoms with Gasteiger partial charge in [-0.05, 0) is 10.0 Å². The molecule has 0 spiro atoms. The first kappa shape index (κ1) is 9.83. The maximum absolute atomic E-state index is 10.9. The molecule has 1 aliphatic heterocycles. The zero-order chi connectivity index (χ0) is 10.9. The fourth-order valence-electron chi connectivity index (χ4n) is 0.925. The molecule has 0 aromatic heterocycles. The van der Waals surface area contributed by atoms with E-state index in [-0.39, 0.29) is 10.0 Å². The Morgan fingerprint density at radius 1 is 0.929 bits per heavy atom. The maximum atomic E-state index is 10.9. The zero-order valence-corrected chi connectivity index (χ0v) is 6.65. The van der Waals surface area contributed by atoms with Crippen LogP contribution in [0.2, 0.25) is 0 Å². The van der Waals surface area contributed by atoms with Crippen molar-refractivity contribution in [3.63, 3.8) is 0 Å². The number of nitro groups is 2. The molecule has 0 aromatic carbocycles. The second kappa shape index (κ2) is 3.24. The predicted octanol–water partition coefficient (Wildman–Crippen LogP) is -1.96. The van der Waals surface area contributed by atoms with Gasteiger partial charge in [0.25, 0.3) is 0 Å². The fraction of sp³-hybridized carbons (Fsp3) is 0.500. The van der Waals surface area contributed by atoms with E-state index in [9.17, 15) is 29.8 Å². The van der Waals surface area contributed by atoms with Crippen LogP contribution in [0.3, 0.4) is 0 Å². The highest BCUT2D eigenvalue weighted by Crippen LogP contribution is 2.04. The molecular weight excluding hydrogens is 200 g/mol. The largest absolute Gasteiger partial charge is 0.376 e. The van der Waals surface area contributed by atoms with Crippen LogP contribution in [0.15, 0.2) is 0 Å². The van der Waals surface area contributed by atoms with Gasteiger partial charge in [-0.2, -0.15) is 0 Å². The smallest absolute Gasteiger partial charge is 0.257 e. The summed E-state index contributed by atoms with van der Waals surface area (Å²) in [5, 5.41) is 18.3. The second-order valence-corrected chi connectivity index (χ2v) is 2.33. The standard InChI is InChI=1S/C4H4N4O6/c9-3-4(10)6(8(13)14)2-1-5(3)7(11)12/h1-2H2. The molecule has 76 valence electrons. The van der Waals surface area contributed by atoms with E-state index in [1.807, 2.05) is 0 Å². The number of rotatable bonds is 2. The third-order valence-corrected chi connectivity index (χ3v) is 1.57. The van der Waals surface area contributed by atoms with Crippen molar-refractivity contribution in [2.75, 3.05) is 13.1 Å². The van der Waals surface area contributed by atoms with Crippen molar-refractivity contribution in [3.05, 3.63) is 20.2 Å². The van der Waals surface area contributed by atoms with Gasteiger partial charge in [0.2, 0.25) is 0 Å². The van der Waals surface area contributed by atoms with Crippen LogP contribution in [0, 0.1) is 20.2 Å². The van der Waals surface area contributed by atoms with Crippen molar-refractivity contribution < 1.29 is 19.7 Å². The highest BCUT2D eigenvalue weighted by atomic mass is 16.7. The number of nitrogens with zero attached hydrogens (tertiary/aromatic N) is 4. The molecule has 0 bridgehead atoms. The van der Waals surface area contributed by atoms with E-state index < -0.39 is 35.0 Å². The molecule has 1 heterocycles. The van der Waals surface area contributed by atoms with E-state index in [1.165, 1.54) is 0 Å². The average molecular weight is 204 g/mol. The van der Waals surface area contributed by atoms with Gasteiger partial charge < -0.3 is 0 Å². The van der Waals surface area contributed by atoms with E-state index in [1.54, 1.807) is 0 Å². The summed E-state index contributed by atoms with van der Waals surface area (Å²) >= 11 is 0. The minimum absolute atomic E-state index is 0.0440. The van der Waals surface area contributed by atoms with E-state index in [2.05, 4.69) is 0 Å². The Labute approximate surface area is 75.9 Å². The topological polar surface area (TPSA) is 127 Å². The van der Waals surface area contributed by atoms with Crippen LogP contribution in [-0.2, 0) is 9.59 Å². The summed E-state index contributed by atoms with van der Waals surface area (Å²) in [7, 11) is 0. The van der Waals surface area contributed by atoms with Gasteiger partial charge in [0, 0.05) is 0 Å². The summed E-state index contributed by atoms with van der Waals surface area (Å²) in [6, 6.07) is 0. The second-order valence-electron chi connectivity index (χ2n) is 2.33. The SMILES string of the molecule is O=C1C(=O)N([N+](=O)[O-])CCN1[N+](=O)[O-]. The van der Waals surface area contributed by atoms with E-state index >= 15 is 0 Å². The van der Waals surface area contributed by atoms with Crippen LogP contribution in [0.5, 0.6) is 0 Å².